The molecule has 0 spiro atoms. The number of fused-ring (bicyclic) bond motifs is 1. The fourth-order valence-corrected chi connectivity index (χ4v) is 2.40. The van der Waals surface area contributed by atoms with Crippen LogP contribution in [0.2, 0.25) is 5.02 Å². The third-order valence-corrected chi connectivity index (χ3v) is 3.48. The summed E-state index contributed by atoms with van der Waals surface area (Å²) in [6.45, 7) is 0.556. The fourth-order valence-electron chi connectivity index (χ4n) is 2.04. The number of alkyl halides is 1. The Hall–Kier alpha value is -1.66. The van der Waals surface area contributed by atoms with Crippen molar-refractivity contribution in [1.29, 1.82) is 0 Å². The summed E-state index contributed by atoms with van der Waals surface area (Å²) in [6.07, 6.45) is 1.83. The van der Waals surface area contributed by atoms with Crippen molar-refractivity contribution in [3.05, 3.63) is 41.0 Å². The second kappa shape index (κ2) is 5.38. The van der Waals surface area contributed by atoms with E-state index in [0.29, 0.717) is 30.1 Å². The first-order chi connectivity index (χ1) is 9.69. The first kappa shape index (κ1) is 13.3. The van der Waals surface area contributed by atoms with Gasteiger partial charge >= 0.3 is 0 Å². The number of hydrogen-bond acceptors (Lipinski definition) is 4. The molecule has 0 N–H and O–H groups in total. The summed E-state index contributed by atoms with van der Waals surface area (Å²) in [6, 6.07) is 2.85. The van der Waals surface area contributed by atoms with Gasteiger partial charge in [-0.25, -0.2) is 9.37 Å². The van der Waals surface area contributed by atoms with E-state index in [0.717, 1.165) is 5.52 Å². The van der Waals surface area contributed by atoms with Crippen LogP contribution >= 0.6 is 23.2 Å². The Morgan fingerprint density at radius 3 is 2.90 bits per heavy atom. The highest BCUT2D eigenvalue weighted by molar-refractivity contribution is 6.31. The van der Waals surface area contributed by atoms with E-state index in [2.05, 4.69) is 19.6 Å². The Morgan fingerprint density at radius 2 is 2.20 bits per heavy atom. The van der Waals surface area contributed by atoms with Crippen LogP contribution in [0.1, 0.15) is 11.6 Å². The molecule has 0 amide bonds. The second-order valence-electron chi connectivity index (χ2n) is 4.17. The van der Waals surface area contributed by atoms with Crippen molar-refractivity contribution < 1.29 is 8.91 Å². The largest absolute Gasteiger partial charge is 0.343 e. The molecule has 0 aliphatic heterocycles. The predicted molar refractivity (Wildman–Crippen MR) is 72.3 cm³/mol. The summed E-state index contributed by atoms with van der Waals surface area (Å²) >= 11 is 11.7. The zero-order valence-corrected chi connectivity index (χ0v) is 11.7. The molecule has 8 heteroatoms. The number of rotatable bonds is 4. The minimum atomic E-state index is -0.497. The lowest BCUT2D eigenvalue weighted by Gasteiger charge is -2.06. The molecule has 0 aliphatic rings. The van der Waals surface area contributed by atoms with Gasteiger partial charge < -0.3 is 9.09 Å². The van der Waals surface area contributed by atoms with Crippen molar-refractivity contribution in [3.63, 3.8) is 0 Å². The minimum absolute atomic E-state index is 0.0549. The van der Waals surface area contributed by atoms with Crippen molar-refractivity contribution in [2.75, 3.05) is 0 Å². The molecule has 0 unspecified atom stereocenters. The number of aryl methyl sites for hydroxylation is 2. The van der Waals surface area contributed by atoms with Crippen LogP contribution in [-0.2, 0) is 18.8 Å². The molecule has 104 valence electrons. The SMILES string of the molecule is Fc1cc2nc(CCl)n(CCc3ncon3)c2cc1Cl. The van der Waals surface area contributed by atoms with E-state index in [1.165, 1.54) is 12.5 Å². The van der Waals surface area contributed by atoms with Crippen molar-refractivity contribution in [2.45, 2.75) is 18.8 Å². The Kier molecular flexibility index (Phi) is 3.58. The van der Waals surface area contributed by atoms with Gasteiger partial charge in [-0.2, -0.15) is 4.98 Å². The monoisotopic (exact) mass is 314 g/mol. The van der Waals surface area contributed by atoms with E-state index in [9.17, 15) is 4.39 Å². The molecule has 0 fully saturated rings. The zero-order valence-electron chi connectivity index (χ0n) is 10.2. The number of halogens is 3. The summed E-state index contributed by atoms with van der Waals surface area (Å²) in [7, 11) is 0. The third-order valence-electron chi connectivity index (χ3n) is 2.95. The lowest BCUT2D eigenvalue weighted by molar-refractivity contribution is 0.408. The lowest BCUT2D eigenvalue weighted by atomic mass is 10.3. The summed E-state index contributed by atoms with van der Waals surface area (Å²) < 4.78 is 20.0. The molecule has 3 rings (SSSR count). The number of nitrogens with zero attached hydrogens (tertiary/aromatic N) is 4. The van der Waals surface area contributed by atoms with Gasteiger partial charge in [0.05, 0.1) is 21.9 Å². The molecule has 0 saturated carbocycles. The van der Waals surface area contributed by atoms with E-state index in [-0.39, 0.29) is 10.9 Å². The van der Waals surface area contributed by atoms with Gasteiger partial charge in [0.15, 0.2) is 5.82 Å². The second-order valence-corrected chi connectivity index (χ2v) is 4.84. The molecule has 2 aromatic heterocycles. The molecule has 2 heterocycles. The van der Waals surface area contributed by atoms with E-state index >= 15 is 0 Å². The van der Waals surface area contributed by atoms with Gasteiger partial charge in [0.2, 0.25) is 6.39 Å². The van der Waals surface area contributed by atoms with Crippen LogP contribution < -0.4 is 0 Å². The maximum atomic E-state index is 13.5. The van der Waals surface area contributed by atoms with E-state index < -0.39 is 5.82 Å². The molecule has 0 aliphatic carbocycles. The van der Waals surface area contributed by atoms with Gasteiger partial charge in [0.1, 0.15) is 11.6 Å². The standard InChI is InChI=1S/C12H9Cl2FN4O/c13-5-12-17-9-4-8(15)7(14)3-10(9)19(12)2-1-11-16-6-20-18-11/h3-4,6H,1-2,5H2. The third kappa shape index (κ3) is 2.36. The highest BCUT2D eigenvalue weighted by atomic mass is 35.5. The van der Waals surface area contributed by atoms with Crippen LogP contribution in [0.5, 0.6) is 0 Å². The molecule has 0 atom stereocenters. The summed E-state index contributed by atoms with van der Waals surface area (Å²) in [5.74, 6) is 0.954. The predicted octanol–water partition coefficient (Wildman–Crippen LogP) is 3.19. The van der Waals surface area contributed by atoms with Crippen LogP contribution in [0.25, 0.3) is 11.0 Å². The van der Waals surface area contributed by atoms with Crippen molar-refractivity contribution in [1.82, 2.24) is 19.7 Å². The highest BCUT2D eigenvalue weighted by Gasteiger charge is 2.13. The fraction of sp³-hybridized carbons (Fsp3) is 0.250. The average molecular weight is 315 g/mol. The molecule has 5 nitrogen and oxygen atoms in total. The van der Waals surface area contributed by atoms with E-state index in [1.807, 2.05) is 4.57 Å². The molecule has 0 radical (unpaired) electrons. The van der Waals surface area contributed by atoms with Crippen LogP contribution in [0.3, 0.4) is 0 Å². The Bertz CT molecular complexity index is 742. The van der Waals surface area contributed by atoms with E-state index in [4.69, 9.17) is 23.2 Å². The van der Waals surface area contributed by atoms with Gasteiger partial charge in [0, 0.05) is 19.0 Å². The van der Waals surface area contributed by atoms with Crippen molar-refractivity contribution in [2.24, 2.45) is 0 Å². The summed E-state index contributed by atoms with van der Waals surface area (Å²) in [5, 5.41) is 3.80. The first-order valence-electron chi connectivity index (χ1n) is 5.84. The van der Waals surface area contributed by atoms with Gasteiger partial charge in [-0.15, -0.1) is 11.6 Å². The van der Waals surface area contributed by atoms with Gasteiger partial charge in [0.25, 0.3) is 0 Å². The minimum Gasteiger partial charge on any atom is -0.343 e. The van der Waals surface area contributed by atoms with Gasteiger partial charge in [-0.3, -0.25) is 0 Å². The zero-order chi connectivity index (χ0) is 14.1. The molecule has 0 saturated heterocycles. The van der Waals surface area contributed by atoms with Crippen molar-refractivity contribution >= 4 is 34.2 Å². The molecule has 1 aromatic carbocycles. The molecule has 20 heavy (non-hydrogen) atoms. The Labute approximate surface area is 123 Å². The lowest BCUT2D eigenvalue weighted by Crippen LogP contribution is -2.06. The number of aromatic nitrogens is 4. The topological polar surface area (TPSA) is 56.7 Å². The number of imidazole rings is 1. The number of benzene rings is 1. The van der Waals surface area contributed by atoms with Gasteiger partial charge in [-0.05, 0) is 6.07 Å². The van der Waals surface area contributed by atoms with Crippen LogP contribution in [0.4, 0.5) is 4.39 Å². The first-order valence-corrected chi connectivity index (χ1v) is 6.75. The smallest absolute Gasteiger partial charge is 0.213 e. The maximum Gasteiger partial charge on any atom is 0.213 e. The molecular weight excluding hydrogens is 306 g/mol. The summed E-state index contributed by atoms with van der Waals surface area (Å²) in [4.78, 5) is 8.25. The van der Waals surface area contributed by atoms with E-state index in [1.54, 1.807) is 6.07 Å². The molecule has 0 bridgehead atoms. The normalized spacial score (nSPS) is 11.3. The molecule has 3 aromatic rings. The summed E-state index contributed by atoms with van der Waals surface area (Å²) in [5.41, 5.74) is 1.26. The quantitative estimate of drug-likeness (QED) is 0.694. The van der Waals surface area contributed by atoms with Crippen molar-refractivity contribution in [3.8, 4) is 0 Å². The van der Waals surface area contributed by atoms with Crippen LogP contribution in [0, 0.1) is 5.82 Å². The highest BCUT2D eigenvalue weighted by Crippen LogP contribution is 2.24. The average Bonchev–Trinajstić information content (AvgIpc) is 3.05. The van der Waals surface area contributed by atoms with Gasteiger partial charge in [-0.1, -0.05) is 16.8 Å². The maximum absolute atomic E-state index is 13.5. The molecular formula is C12H9Cl2FN4O. The van der Waals surface area contributed by atoms with Crippen LogP contribution in [-0.4, -0.2) is 19.7 Å². The Morgan fingerprint density at radius 1 is 1.35 bits per heavy atom. The van der Waals surface area contributed by atoms with Crippen LogP contribution in [0.15, 0.2) is 23.0 Å². The Balaban J connectivity index is 2.01. The number of hydrogen-bond donors (Lipinski definition) is 0.